The van der Waals surface area contributed by atoms with Crippen LogP contribution in [0.2, 0.25) is 5.02 Å². The number of methoxy groups -OCH3 is 1. The number of ether oxygens (including phenoxy) is 3. The van der Waals surface area contributed by atoms with E-state index in [4.69, 9.17) is 37.0 Å². The number of halogens is 1. The molecule has 6 heteroatoms. The molecule has 0 aliphatic carbocycles. The number of rotatable bonds is 9. The fourth-order valence-corrected chi connectivity index (χ4v) is 1.70. The van der Waals surface area contributed by atoms with Crippen molar-refractivity contribution in [3.05, 3.63) is 28.8 Å². The topological polar surface area (TPSA) is 77.6 Å². The molecule has 1 rings (SSSR count). The Labute approximate surface area is 118 Å². The van der Waals surface area contributed by atoms with Crippen molar-refractivity contribution in [1.82, 2.24) is 0 Å². The highest BCUT2D eigenvalue weighted by molar-refractivity contribution is 6.34. The summed E-state index contributed by atoms with van der Waals surface area (Å²) in [5.41, 5.74) is 5.88. The molecule has 0 aliphatic heterocycles. The van der Waals surface area contributed by atoms with Crippen molar-refractivity contribution >= 4 is 17.4 Å². The number of amidine groups is 1. The van der Waals surface area contributed by atoms with Crippen molar-refractivity contribution in [3.8, 4) is 5.75 Å². The smallest absolute Gasteiger partial charge is 0.124 e. The van der Waals surface area contributed by atoms with Gasteiger partial charge in [-0.25, -0.2) is 0 Å². The standard InChI is InChI=1S/C13H19ClN2O3/c1-17-5-2-6-18-7-8-19-10-3-4-11(13(15)16)12(14)9-10/h3-4,9H,2,5-8H2,1H3,(H3,15,16). The maximum atomic E-state index is 7.32. The Hall–Kier alpha value is -1.30. The molecule has 0 heterocycles. The summed E-state index contributed by atoms with van der Waals surface area (Å²) in [6.45, 7) is 2.31. The summed E-state index contributed by atoms with van der Waals surface area (Å²) in [5, 5.41) is 7.73. The first-order valence-corrected chi connectivity index (χ1v) is 6.36. The van der Waals surface area contributed by atoms with Gasteiger partial charge in [0.15, 0.2) is 0 Å². The average Bonchev–Trinajstić information content (AvgIpc) is 2.37. The molecule has 0 aliphatic rings. The second kappa shape index (κ2) is 8.74. The third-order valence-electron chi connectivity index (χ3n) is 2.36. The van der Waals surface area contributed by atoms with Gasteiger partial charge in [-0.05, 0) is 24.6 Å². The summed E-state index contributed by atoms with van der Waals surface area (Å²) >= 11 is 5.98. The summed E-state index contributed by atoms with van der Waals surface area (Å²) in [5.74, 6) is 0.577. The van der Waals surface area contributed by atoms with E-state index in [1.807, 2.05) is 0 Å². The van der Waals surface area contributed by atoms with Crippen LogP contribution in [0.3, 0.4) is 0 Å². The molecule has 0 radical (unpaired) electrons. The van der Waals surface area contributed by atoms with Gasteiger partial charge in [0.05, 0.1) is 11.6 Å². The normalized spacial score (nSPS) is 10.4. The van der Waals surface area contributed by atoms with Crippen molar-refractivity contribution in [2.24, 2.45) is 5.73 Å². The van der Waals surface area contributed by atoms with Crippen molar-refractivity contribution in [2.45, 2.75) is 6.42 Å². The van der Waals surface area contributed by atoms with Crippen molar-refractivity contribution < 1.29 is 14.2 Å². The Morgan fingerprint density at radius 3 is 2.68 bits per heavy atom. The SMILES string of the molecule is COCCCOCCOc1ccc(C(=N)N)c(Cl)c1. The van der Waals surface area contributed by atoms with E-state index < -0.39 is 0 Å². The largest absolute Gasteiger partial charge is 0.491 e. The molecule has 0 spiro atoms. The molecule has 0 saturated carbocycles. The third-order valence-corrected chi connectivity index (χ3v) is 2.68. The first kappa shape index (κ1) is 15.8. The number of nitrogens with two attached hydrogens (primary N) is 1. The van der Waals surface area contributed by atoms with Gasteiger partial charge in [-0.3, -0.25) is 5.41 Å². The molecule has 0 fully saturated rings. The van der Waals surface area contributed by atoms with Gasteiger partial charge in [0, 0.05) is 25.9 Å². The monoisotopic (exact) mass is 286 g/mol. The van der Waals surface area contributed by atoms with Crippen LogP contribution in [-0.2, 0) is 9.47 Å². The zero-order chi connectivity index (χ0) is 14.1. The van der Waals surface area contributed by atoms with Gasteiger partial charge in [-0.2, -0.15) is 0 Å². The van der Waals surface area contributed by atoms with Gasteiger partial charge < -0.3 is 19.9 Å². The van der Waals surface area contributed by atoms with Crippen molar-refractivity contribution in [1.29, 1.82) is 5.41 Å². The summed E-state index contributed by atoms with van der Waals surface area (Å²) in [7, 11) is 1.66. The van der Waals surface area contributed by atoms with E-state index in [1.165, 1.54) is 0 Å². The molecule has 19 heavy (non-hydrogen) atoms. The number of nitrogens with one attached hydrogen (secondary N) is 1. The van der Waals surface area contributed by atoms with E-state index in [9.17, 15) is 0 Å². The minimum atomic E-state index is -0.0574. The summed E-state index contributed by atoms with van der Waals surface area (Å²) < 4.78 is 15.7. The minimum Gasteiger partial charge on any atom is -0.491 e. The maximum Gasteiger partial charge on any atom is 0.124 e. The van der Waals surface area contributed by atoms with Crippen LogP contribution in [0.15, 0.2) is 18.2 Å². The molecule has 106 valence electrons. The molecular weight excluding hydrogens is 268 g/mol. The average molecular weight is 287 g/mol. The summed E-state index contributed by atoms with van der Waals surface area (Å²) in [6, 6.07) is 5.04. The number of nitrogen functional groups attached to an aromatic ring is 1. The predicted molar refractivity (Wildman–Crippen MR) is 75.3 cm³/mol. The van der Waals surface area contributed by atoms with Crippen LogP contribution in [0.4, 0.5) is 0 Å². The van der Waals surface area contributed by atoms with Crippen LogP contribution >= 0.6 is 11.6 Å². The van der Waals surface area contributed by atoms with Crippen LogP contribution in [0.1, 0.15) is 12.0 Å². The van der Waals surface area contributed by atoms with Gasteiger partial charge in [-0.15, -0.1) is 0 Å². The van der Waals surface area contributed by atoms with Crippen molar-refractivity contribution in [3.63, 3.8) is 0 Å². The molecule has 1 aromatic rings. The van der Waals surface area contributed by atoms with Gasteiger partial charge in [-0.1, -0.05) is 11.6 Å². The van der Waals surface area contributed by atoms with E-state index >= 15 is 0 Å². The van der Waals surface area contributed by atoms with Crippen LogP contribution < -0.4 is 10.5 Å². The van der Waals surface area contributed by atoms with Crippen LogP contribution in [-0.4, -0.2) is 39.4 Å². The van der Waals surface area contributed by atoms with Gasteiger partial charge in [0.2, 0.25) is 0 Å². The molecule has 0 bridgehead atoms. The highest BCUT2D eigenvalue weighted by atomic mass is 35.5. The summed E-state index contributed by atoms with van der Waals surface area (Å²) in [6.07, 6.45) is 0.871. The highest BCUT2D eigenvalue weighted by Crippen LogP contribution is 2.22. The molecule has 3 N–H and O–H groups in total. The molecule has 0 aromatic heterocycles. The predicted octanol–water partition coefficient (Wildman–Crippen LogP) is 2.06. The fourth-order valence-electron chi connectivity index (χ4n) is 1.43. The Morgan fingerprint density at radius 2 is 2.05 bits per heavy atom. The highest BCUT2D eigenvalue weighted by Gasteiger charge is 2.04. The number of hydrogen-bond donors (Lipinski definition) is 2. The minimum absolute atomic E-state index is 0.0574. The van der Waals surface area contributed by atoms with E-state index in [0.717, 1.165) is 6.42 Å². The van der Waals surface area contributed by atoms with E-state index in [2.05, 4.69) is 0 Å². The van der Waals surface area contributed by atoms with Crippen LogP contribution in [0.5, 0.6) is 5.75 Å². The Morgan fingerprint density at radius 1 is 1.26 bits per heavy atom. The van der Waals surface area contributed by atoms with E-state index in [0.29, 0.717) is 42.8 Å². The maximum absolute atomic E-state index is 7.32. The lowest BCUT2D eigenvalue weighted by Crippen LogP contribution is -2.12. The molecule has 0 amide bonds. The lowest BCUT2D eigenvalue weighted by Gasteiger charge is -2.09. The Balaban J connectivity index is 2.26. The molecular formula is C13H19ClN2O3. The number of hydrogen-bond acceptors (Lipinski definition) is 4. The first-order valence-electron chi connectivity index (χ1n) is 5.98. The molecule has 0 atom stereocenters. The zero-order valence-electron chi connectivity index (χ0n) is 10.9. The third kappa shape index (κ3) is 5.92. The zero-order valence-corrected chi connectivity index (χ0v) is 11.7. The van der Waals surface area contributed by atoms with E-state index in [1.54, 1.807) is 25.3 Å². The molecule has 0 saturated heterocycles. The number of benzene rings is 1. The lowest BCUT2D eigenvalue weighted by molar-refractivity contribution is 0.0806. The Kier molecular flexibility index (Phi) is 7.25. The molecule has 1 aromatic carbocycles. The van der Waals surface area contributed by atoms with Gasteiger partial charge in [0.1, 0.15) is 18.2 Å². The van der Waals surface area contributed by atoms with Gasteiger partial charge >= 0.3 is 0 Å². The quantitative estimate of drug-likeness (QED) is 0.414. The second-order valence-electron chi connectivity index (χ2n) is 3.86. The van der Waals surface area contributed by atoms with Crippen LogP contribution in [0.25, 0.3) is 0 Å². The Bertz CT molecular complexity index is 413. The second-order valence-corrected chi connectivity index (χ2v) is 4.27. The first-order chi connectivity index (χ1) is 9.15. The van der Waals surface area contributed by atoms with Crippen LogP contribution in [0, 0.1) is 5.41 Å². The lowest BCUT2D eigenvalue weighted by atomic mass is 10.2. The molecule has 0 unspecified atom stereocenters. The molecule has 5 nitrogen and oxygen atoms in total. The van der Waals surface area contributed by atoms with Crippen molar-refractivity contribution in [2.75, 3.05) is 33.5 Å². The van der Waals surface area contributed by atoms with E-state index in [-0.39, 0.29) is 5.84 Å². The fraction of sp³-hybridized carbons (Fsp3) is 0.462. The van der Waals surface area contributed by atoms with Gasteiger partial charge in [0.25, 0.3) is 0 Å². The summed E-state index contributed by atoms with van der Waals surface area (Å²) in [4.78, 5) is 0.